The number of nitrogens with zero attached hydrogens (tertiary/aromatic N) is 1. The first-order valence-electron chi connectivity index (χ1n) is 7.05. The summed E-state index contributed by atoms with van der Waals surface area (Å²) < 4.78 is 9.28. The zero-order valence-electron chi connectivity index (χ0n) is 12.7. The van der Waals surface area contributed by atoms with E-state index in [9.17, 15) is 9.59 Å². The van der Waals surface area contributed by atoms with E-state index in [2.05, 4.69) is 21.6 Å². The first kappa shape index (κ1) is 17.2. The number of hydrogen-bond acceptors (Lipinski definition) is 5. The first-order valence-corrected chi connectivity index (χ1v) is 7.05. The number of carbonyl (C=O) groups excluding carboxylic acids is 2. The number of methoxy groups -OCH3 is 2. The van der Waals surface area contributed by atoms with Crippen LogP contribution in [0.5, 0.6) is 0 Å². The first-order chi connectivity index (χ1) is 10.2. The van der Waals surface area contributed by atoms with E-state index in [-0.39, 0.29) is 25.0 Å². The highest BCUT2D eigenvalue weighted by atomic mass is 16.5. The molecule has 116 valence electrons. The third-order valence-electron chi connectivity index (χ3n) is 3.19. The summed E-state index contributed by atoms with van der Waals surface area (Å²) in [6, 6.07) is 10.2. The Bertz CT molecular complexity index is 415. The Morgan fingerprint density at radius 2 is 1.52 bits per heavy atom. The van der Waals surface area contributed by atoms with Crippen LogP contribution in [0.1, 0.15) is 18.4 Å². The molecular weight excluding hydrogens is 270 g/mol. The van der Waals surface area contributed by atoms with E-state index < -0.39 is 0 Å². The zero-order chi connectivity index (χ0) is 15.5. The van der Waals surface area contributed by atoms with Crippen molar-refractivity contribution in [3.63, 3.8) is 0 Å². The van der Waals surface area contributed by atoms with E-state index in [1.54, 1.807) is 4.90 Å². The molecule has 0 aromatic heterocycles. The zero-order valence-corrected chi connectivity index (χ0v) is 12.7. The minimum atomic E-state index is -0.345. The molecule has 5 heteroatoms. The van der Waals surface area contributed by atoms with Gasteiger partial charge in [0.15, 0.2) is 0 Å². The van der Waals surface area contributed by atoms with Gasteiger partial charge in [0, 0.05) is 0 Å². The maximum atomic E-state index is 11.3. The second kappa shape index (κ2) is 9.94. The predicted molar refractivity (Wildman–Crippen MR) is 79.9 cm³/mol. The average molecular weight is 293 g/mol. The standard InChI is InChI=1S/C16H23NO4/c1-20-15(18)12-17(13-16(19)21-2)11-7-6-10-14-8-4-3-5-9-14/h3-5,8-9H,6-7,10-13H2,1-2H3. The molecule has 1 aromatic carbocycles. The maximum absolute atomic E-state index is 11.3. The van der Waals surface area contributed by atoms with Crippen LogP contribution < -0.4 is 0 Å². The van der Waals surface area contributed by atoms with Crippen molar-refractivity contribution in [3.05, 3.63) is 35.9 Å². The van der Waals surface area contributed by atoms with Crippen LogP contribution in [0.25, 0.3) is 0 Å². The van der Waals surface area contributed by atoms with E-state index in [0.29, 0.717) is 6.54 Å². The van der Waals surface area contributed by atoms with Gasteiger partial charge < -0.3 is 9.47 Å². The van der Waals surface area contributed by atoms with Crippen molar-refractivity contribution in [3.8, 4) is 0 Å². The van der Waals surface area contributed by atoms with Crippen LogP contribution in [-0.4, -0.2) is 50.7 Å². The lowest BCUT2D eigenvalue weighted by atomic mass is 10.1. The Morgan fingerprint density at radius 3 is 2.05 bits per heavy atom. The number of carbonyl (C=O) groups is 2. The Kier molecular flexibility index (Phi) is 8.12. The summed E-state index contributed by atoms with van der Waals surface area (Å²) in [5.41, 5.74) is 1.30. The molecule has 0 atom stereocenters. The number of esters is 2. The van der Waals surface area contributed by atoms with Gasteiger partial charge in [-0.05, 0) is 31.4 Å². The fourth-order valence-corrected chi connectivity index (χ4v) is 2.02. The second-order valence-corrected chi connectivity index (χ2v) is 4.81. The third-order valence-corrected chi connectivity index (χ3v) is 3.19. The van der Waals surface area contributed by atoms with Crippen molar-refractivity contribution in [2.45, 2.75) is 19.3 Å². The van der Waals surface area contributed by atoms with Crippen LogP contribution in [0.15, 0.2) is 30.3 Å². The van der Waals surface area contributed by atoms with E-state index in [1.807, 2.05) is 18.2 Å². The Morgan fingerprint density at radius 1 is 0.952 bits per heavy atom. The fourth-order valence-electron chi connectivity index (χ4n) is 2.02. The van der Waals surface area contributed by atoms with Gasteiger partial charge >= 0.3 is 11.9 Å². The van der Waals surface area contributed by atoms with Crippen molar-refractivity contribution in [1.82, 2.24) is 4.90 Å². The van der Waals surface area contributed by atoms with Gasteiger partial charge in [-0.15, -0.1) is 0 Å². The minimum absolute atomic E-state index is 0.108. The molecule has 0 aliphatic heterocycles. The molecule has 0 saturated heterocycles. The molecule has 21 heavy (non-hydrogen) atoms. The van der Waals surface area contributed by atoms with Crippen molar-refractivity contribution < 1.29 is 19.1 Å². The third kappa shape index (κ3) is 7.46. The molecule has 0 radical (unpaired) electrons. The number of aryl methyl sites for hydroxylation is 1. The molecule has 0 bridgehead atoms. The lowest BCUT2D eigenvalue weighted by molar-refractivity contribution is -0.145. The lowest BCUT2D eigenvalue weighted by Crippen LogP contribution is -2.36. The van der Waals surface area contributed by atoms with Gasteiger partial charge in [0.1, 0.15) is 0 Å². The topological polar surface area (TPSA) is 55.8 Å². The highest BCUT2D eigenvalue weighted by molar-refractivity contribution is 5.74. The van der Waals surface area contributed by atoms with Crippen LogP contribution in [0.4, 0.5) is 0 Å². The molecule has 5 nitrogen and oxygen atoms in total. The molecule has 1 rings (SSSR count). The maximum Gasteiger partial charge on any atom is 0.319 e. The van der Waals surface area contributed by atoms with Crippen molar-refractivity contribution in [2.24, 2.45) is 0 Å². The van der Waals surface area contributed by atoms with Crippen LogP contribution in [0.3, 0.4) is 0 Å². The molecule has 0 aliphatic rings. The molecule has 0 N–H and O–H groups in total. The van der Waals surface area contributed by atoms with Crippen molar-refractivity contribution in [1.29, 1.82) is 0 Å². The highest BCUT2D eigenvalue weighted by Gasteiger charge is 2.14. The van der Waals surface area contributed by atoms with E-state index in [4.69, 9.17) is 0 Å². The van der Waals surface area contributed by atoms with Crippen LogP contribution in [0, 0.1) is 0 Å². The minimum Gasteiger partial charge on any atom is -0.468 e. The Labute approximate surface area is 125 Å². The van der Waals surface area contributed by atoms with Gasteiger partial charge in [-0.25, -0.2) is 0 Å². The number of hydrogen-bond donors (Lipinski definition) is 0. The quantitative estimate of drug-likeness (QED) is 0.512. The largest absolute Gasteiger partial charge is 0.468 e. The fraction of sp³-hybridized carbons (Fsp3) is 0.500. The lowest BCUT2D eigenvalue weighted by Gasteiger charge is -2.19. The molecule has 0 heterocycles. The van der Waals surface area contributed by atoms with Crippen LogP contribution in [-0.2, 0) is 25.5 Å². The van der Waals surface area contributed by atoms with Gasteiger partial charge in [0.2, 0.25) is 0 Å². The summed E-state index contributed by atoms with van der Waals surface area (Å²) in [6.07, 6.45) is 2.90. The molecule has 0 unspecified atom stereocenters. The number of rotatable bonds is 9. The van der Waals surface area contributed by atoms with Gasteiger partial charge in [-0.1, -0.05) is 30.3 Å². The van der Waals surface area contributed by atoms with Crippen molar-refractivity contribution in [2.75, 3.05) is 33.9 Å². The number of benzene rings is 1. The summed E-state index contributed by atoms with van der Waals surface area (Å²) in [5.74, 6) is -0.691. The van der Waals surface area contributed by atoms with Crippen LogP contribution >= 0.6 is 0 Å². The SMILES string of the molecule is COC(=O)CN(CCCCc1ccccc1)CC(=O)OC. The van der Waals surface area contributed by atoms with E-state index >= 15 is 0 Å². The second-order valence-electron chi connectivity index (χ2n) is 4.81. The summed E-state index contributed by atoms with van der Waals surface area (Å²) >= 11 is 0. The van der Waals surface area contributed by atoms with Gasteiger partial charge in [0.05, 0.1) is 27.3 Å². The normalized spacial score (nSPS) is 10.4. The molecule has 0 spiro atoms. The number of unbranched alkanes of at least 4 members (excludes halogenated alkanes) is 1. The Hall–Kier alpha value is -1.88. The van der Waals surface area contributed by atoms with Gasteiger partial charge in [-0.2, -0.15) is 0 Å². The molecule has 1 aromatic rings. The summed E-state index contributed by atoms with van der Waals surface area (Å²) in [6.45, 7) is 0.880. The summed E-state index contributed by atoms with van der Waals surface area (Å²) in [7, 11) is 2.68. The van der Waals surface area contributed by atoms with Crippen molar-refractivity contribution >= 4 is 11.9 Å². The smallest absolute Gasteiger partial charge is 0.319 e. The molecule has 0 aliphatic carbocycles. The molecule has 0 fully saturated rings. The molecule has 0 amide bonds. The number of ether oxygens (including phenoxy) is 2. The summed E-state index contributed by atoms with van der Waals surface area (Å²) in [4.78, 5) is 24.4. The van der Waals surface area contributed by atoms with E-state index in [1.165, 1.54) is 19.8 Å². The van der Waals surface area contributed by atoms with Gasteiger partial charge in [0.25, 0.3) is 0 Å². The molecule has 0 saturated carbocycles. The van der Waals surface area contributed by atoms with Crippen LogP contribution in [0.2, 0.25) is 0 Å². The van der Waals surface area contributed by atoms with Gasteiger partial charge in [-0.3, -0.25) is 14.5 Å². The van der Waals surface area contributed by atoms with E-state index in [0.717, 1.165) is 19.3 Å². The summed E-state index contributed by atoms with van der Waals surface area (Å²) in [5, 5.41) is 0. The monoisotopic (exact) mass is 293 g/mol. The Balaban J connectivity index is 2.34. The predicted octanol–water partition coefficient (Wildman–Crippen LogP) is 1.66. The molecular formula is C16H23NO4. The highest BCUT2D eigenvalue weighted by Crippen LogP contribution is 2.05. The average Bonchev–Trinajstić information content (AvgIpc) is 2.52.